The van der Waals surface area contributed by atoms with E-state index >= 15 is 0 Å². The van der Waals surface area contributed by atoms with Crippen molar-refractivity contribution in [3.05, 3.63) is 48.5 Å². The van der Waals surface area contributed by atoms with E-state index in [1.54, 1.807) is 0 Å². The topological polar surface area (TPSA) is 24.1 Å². The van der Waals surface area contributed by atoms with E-state index in [9.17, 15) is 0 Å². The van der Waals surface area contributed by atoms with Gasteiger partial charge in [0, 0.05) is 33.2 Å². The van der Waals surface area contributed by atoms with E-state index in [2.05, 4.69) is 86.9 Å². The van der Waals surface area contributed by atoms with Gasteiger partial charge in [0.25, 0.3) is 0 Å². The fourth-order valence-electron chi connectivity index (χ4n) is 5.61. The van der Waals surface area contributed by atoms with Gasteiger partial charge in [0.05, 0.1) is 0 Å². The Bertz CT molecular complexity index is 776. The number of hydrogen-bond donors (Lipinski definition) is 2. The van der Waals surface area contributed by atoms with E-state index in [0.29, 0.717) is 12.1 Å². The maximum Gasteiger partial charge on any atom is 0.0342 e. The van der Waals surface area contributed by atoms with Gasteiger partial charge in [-0.15, -0.1) is 0 Å². The highest BCUT2D eigenvalue weighted by Gasteiger charge is 2.05. The number of anilines is 2. The van der Waals surface area contributed by atoms with Crippen LogP contribution < -0.4 is 10.6 Å². The Balaban J connectivity index is 1.57. The lowest BCUT2D eigenvalue weighted by molar-refractivity contribution is 0.544. The van der Waals surface area contributed by atoms with Crippen LogP contribution in [-0.4, -0.2) is 12.1 Å². The van der Waals surface area contributed by atoms with E-state index in [1.165, 1.54) is 150 Å². The maximum atomic E-state index is 3.70. The fourth-order valence-corrected chi connectivity index (χ4v) is 6.43. The molecule has 2 unspecified atom stereocenters. The van der Waals surface area contributed by atoms with Gasteiger partial charge in [0.2, 0.25) is 0 Å². The zero-order valence-corrected chi connectivity index (χ0v) is 28.1. The van der Waals surface area contributed by atoms with Gasteiger partial charge in [-0.1, -0.05) is 141 Å². The molecule has 0 bridgehead atoms. The van der Waals surface area contributed by atoms with Crippen LogP contribution in [0.1, 0.15) is 156 Å². The van der Waals surface area contributed by atoms with Crippen molar-refractivity contribution in [3.63, 3.8) is 0 Å². The summed E-state index contributed by atoms with van der Waals surface area (Å²) in [4.78, 5) is 2.59. The standard InChI is InChI=1S/C38H64N2S/c1-5-7-9-11-13-15-17-19-21-23-33(3)39-35-25-29-37(30-26-35)41-38-31-27-36(28-32-38)40-34(4)24-22-20-18-16-14-12-10-8-6-2/h25-34,39-40H,5-24H2,1-4H3. The van der Waals surface area contributed by atoms with Gasteiger partial charge in [-0.2, -0.15) is 0 Å². The number of hydrogen-bond acceptors (Lipinski definition) is 3. The molecule has 2 nitrogen and oxygen atoms in total. The van der Waals surface area contributed by atoms with E-state index in [1.807, 2.05) is 11.8 Å². The molecule has 2 N–H and O–H groups in total. The van der Waals surface area contributed by atoms with Crippen molar-refractivity contribution >= 4 is 23.1 Å². The summed E-state index contributed by atoms with van der Waals surface area (Å²) in [7, 11) is 0. The monoisotopic (exact) mass is 580 g/mol. The predicted molar refractivity (Wildman–Crippen MR) is 187 cm³/mol. The Morgan fingerprint density at radius 3 is 1.05 bits per heavy atom. The van der Waals surface area contributed by atoms with Gasteiger partial charge in [-0.3, -0.25) is 0 Å². The zero-order chi connectivity index (χ0) is 29.4. The molecule has 2 rings (SSSR count). The third kappa shape index (κ3) is 18.5. The summed E-state index contributed by atoms with van der Waals surface area (Å²) in [5.41, 5.74) is 2.47. The summed E-state index contributed by atoms with van der Waals surface area (Å²) >= 11 is 1.84. The first-order chi connectivity index (χ1) is 20.1. The SMILES string of the molecule is CCCCCCCCCCCC(C)Nc1ccc(Sc2ccc(NC(C)CCCCCCCCCCC)cc2)cc1. The number of benzene rings is 2. The van der Waals surface area contributed by atoms with Gasteiger partial charge in [0.1, 0.15) is 0 Å². The van der Waals surface area contributed by atoms with Crippen molar-refractivity contribution in [2.45, 2.75) is 178 Å². The fraction of sp³-hybridized carbons (Fsp3) is 0.684. The van der Waals surface area contributed by atoms with Crippen LogP contribution in [0.4, 0.5) is 11.4 Å². The second-order valence-electron chi connectivity index (χ2n) is 12.5. The van der Waals surface area contributed by atoms with E-state index in [-0.39, 0.29) is 0 Å². The summed E-state index contributed by atoms with van der Waals surface area (Å²) < 4.78 is 0. The van der Waals surface area contributed by atoms with Crippen LogP contribution in [-0.2, 0) is 0 Å². The van der Waals surface area contributed by atoms with Crippen molar-refractivity contribution in [2.75, 3.05) is 10.6 Å². The molecule has 0 aliphatic carbocycles. The molecule has 0 amide bonds. The average Bonchev–Trinajstić information content (AvgIpc) is 2.97. The van der Waals surface area contributed by atoms with Crippen LogP contribution in [0.25, 0.3) is 0 Å². The molecule has 3 heteroatoms. The summed E-state index contributed by atoms with van der Waals surface area (Å²) in [6, 6.07) is 19.0. The van der Waals surface area contributed by atoms with Crippen molar-refractivity contribution in [3.8, 4) is 0 Å². The molecular formula is C38H64N2S. The lowest BCUT2D eigenvalue weighted by Crippen LogP contribution is -2.14. The lowest BCUT2D eigenvalue weighted by Gasteiger charge is -2.16. The highest BCUT2D eigenvalue weighted by molar-refractivity contribution is 7.99. The summed E-state index contributed by atoms with van der Waals surface area (Å²) in [6.07, 6.45) is 27.7. The van der Waals surface area contributed by atoms with Crippen LogP contribution in [0, 0.1) is 0 Å². The second kappa shape index (κ2) is 23.9. The molecule has 0 heterocycles. The Morgan fingerprint density at radius 2 is 0.732 bits per heavy atom. The van der Waals surface area contributed by atoms with Gasteiger partial charge in [-0.05, 0) is 75.2 Å². The first kappa shape index (κ1) is 35.6. The molecule has 0 saturated carbocycles. The third-order valence-electron chi connectivity index (χ3n) is 8.25. The van der Waals surface area contributed by atoms with Crippen molar-refractivity contribution in [1.29, 1.82) is 0 Å². The minimum atomic E-state index is 0.529. The first-order valence-corrected chi connectivity index (χ1v) is 18.3. The van der Waals surface area contributed by atoms with Crippen LogP contribution in [0.3, 0.4) is 0 Å². The van der Waals surface area contributed by atoms with Crippen LogP contribution in [0.2, 0.25) is 0 Å². The highest BCUT2D eigenvalue weighted by atomic mass is 32.2. The molecule has 0 spiro atoms. The Labute approximate surface area is 259 Å². The summed E-state index contributed by atoms with van der Waals surface area (Å²) in [5.74, 6) is 0. The molecule has 0 saturated heterocycles. The summed E-state index contributed by atoms with van der Waals surface area (Å²) in [6.45, 7) is 9.22. The Hall–Kier alpha value is -1.61. The van der Waals surface area contributed by atoms with Crippen molar-refractivity contribution in [1.82, 2.24) is 0 Å². The highest BCUT2D eigenvalue weighted by Crippen LogP contribution is 2.30. The second-order valence-corrected chi connectivity index (χ2v) is 13.6. The molecule has 232 valence electrons. The van der Waals surface area contributed by atoms with Crippen molar-refractivity contribution in [2.24, 2.45) is 0 Å². The minimum absolute atomic E-state index is 0.529. The molecule has 2 aromatic rings. The number of nitrogens with one attached hydrogen (secondary N) is 2. The van der Waals surface area contributed by atoms with Gasteiger partial charge in [0.15, 0.2) is 0 Å². The first-order valence-electron chi connectivity index (χ1n) is 17.5. The molecule has 0 aliphatic rings. The Kier molecular flexibility index (Phi) is 20.7. The molecular weight excluding hydrogens is 516 g/mol. The molecule has 0 fully saturated rings. The van der Waals surface area contributed by atoms with E-state index < -0.39 is 0 Å². The third-order valence-corrected chi connectivity index (χ3v) is 9.27. The average molecular weight is 581 g/mol. The predicted octanol–water partition coefficient (Wildman–Crippen LogP) is 13.3. The Morgan fingerprint density at radius 1 is 0.439 bits per heavy atom. The smallest absolute Gasteiger partial charge is 0.0342 e. The van der Waals surface area contributed by atoms with Gasteiger partial charge >= 0.3 is 0 Å². The van der Waals surface area contributed by atoms with E-state index in [4.69, 9.17) is 0 Å². The lowest BCUT2D eigenvalue weighted by atomic mass is 10.0. The maximum absolute atomic E-state index is 3.70. The minimum Gasteiger partial charge on any atom is -0.383 e. The van der Waals surface area contributed by atoms with Crippen LogP contribution in [0.5, 0.6) is 0 Å². The molecule has 2 atom stereocenters. The largest absolute Gasteiger partial charge is 0.383 e. The van der Waals surface area contributed by atoms with Gasteiger partial charge in [-0.25, -0.2) is 0 Å². The zero-order valence-electron chi connectivity index (χ0n) is 27.3. The van der Waals surface area contributed by atoms with Gasteiger partial charge < -0.3 is 10.6 Å². The van der Waals surface area contributed by atoms with E-state index in [0.717, 1.165) is 0 Å². The normalized spacial score (nSPS) is 12.8. The molecule has 0 aromatic heterocycles. The van der Waals surface area contributed by atoms with Crippen molar-refractivity contribution < 1.29 is 0 Å². The summed E-state index contributed by atoms with van der Waals surface area (Å²) in [5, 5.41) is 7.40. The molecule has 0 radical (unpaired) electrons. The number of rotatable bonds is 26. The quantitative estimate of drug-likeness (QED) is 0.108. The molecule has 2 aromatic carbocycles. The molecule has 41 heavy (non-hydrogen) atoms. The van der Waals surface area contributed by atoms with Crippen LogP contribution in [0.15, 0.2) is 58.3 Å². The molecule has 0 aliphatic heterocycles. The number of unbranched alkanes of at least 4 members (excludes halogenated alkanes) is 16. The van der Waals surface area contributed by atoms with Crippen LogP contribution >= 0.6 is 11.8 Å².